The summed E-state index contributed by atoms with van der Waals surface area (Å²) in [7, 11) is 0. The summed E-state index contributed by atoms with van der Waals surface area (Å²) < 4.78 is 14.0. The molecule has 0 saturated heterocycles. The van der Waals surface area contributed by atoms with Crippen LogP contribution in [0.3, 0.4) is 0 Å². The molecule has 144 valence electrons. The lowest BCUT2D eigenvalue weighted by Gasteiger charge is -2.27. The number of benzene rings is 3. The van der Waals surface area contributed by atoms with Gasteiger partial charge in [-0.3, -0.25) is 15.3 Å². The maximum absolute atomic E-state index is 14.0. The van der Waals surface area contributed by atoms with Crippen LogP contribution in [0.1, 0.15) is 18.5 Å². The van der Waals surface area contributed by atoms with E-state index in [9.17, 15) is 4.39 Å². The van der Waals surface area contributed by atoms with Crippen molar-refractivity contribution < 1.29 is 4.39 Å². The first-order chi connectivity index (χ1) is 14.2. The van der Waals surface area contributed by atoms with Crippen LogP contribution in [0.25, 0.3) is 21.9 Å². The molecule has 6 heteroatoms. The van der Waals surface area contributed by atoms with Gasteiger partial charge in [-0.1, -0.05) is 48.5 Å². The molecule has 2 heterocycles. The highest BCUT2D eigenvalue weighted by Gasteiger charge is 2.31. The summed E-state index contributed by atoms with van der Waals surface area (Å²) in [6, 6.07) is 19.0. The van der Waals surface area contributed by atoms with Crippen molar-refractivity contribution in [3.05, 3.63) is 72.0 Å². The monoisotopic (exact) mass is 385 g/mol. The Hall–Kier alpha value is -3.38. The van der Waals surface area contributed by atoms with Crippen LogP contribution in [0.15, 0.2) is 75.6 Å². The molecule has 5 rings (SSSR count). The van der Waals surface area contributed by atoms with Gasteiger partial charge in [0.05, 0.1) is 6.34 Å². The number of hydrogen-bond acceptors (Lipinski definition) is 5. The van der Waals surface area contributed by atoms with Crippen LogP contribution >= 0.6 is 0 Å². The van der Waals surface area contributed by atoms with Crippen LogP contribution in [0.4, 0.5) is 4.39 Å². The van der Waals surface area contributed by atoms with Gasteiger partial charge in [0.15, 0.2) is 0 Å². The highest BCUT2D eigenvalue weighted by molar-refractivity contribution is 6.05. The first-order valence-electron chi connectivity index (χ1n) is 9.62. The topological polar surface area (TPSA) is 61.1 Å². The van der Waals surface area contributed by atoms with Gasteiger partial charge >= 0.3 is 0 Å². The third-order valence-corrected chi connectivity index (χ3v) is 5.41. The Kier molecular flexibility index (Phi) is 4.41. The smallest absolute Gasteiger partial charge is 0.145 e. The van der Waals surface area contributed by atoms with Gasteiger partial charge in [-0.15, -0.1) is 0 Å². The van der Waals surface area contributed by atoms with Gasteiger partial charge in [0.1, 0.15) is 30.2 Å². The molecule has 0 spiro atoms. The fraction of sp³-hybridized carbons (Fsp3) is 0.174. The number of nitrogens with one attached hydrogen (secondary N) is 2. The number of rotatable bonds is 4. The van der Waals surface area contributed by atoms with E-state index in [2.05, 4.69) is 56.8 Å². The molecular weight excluding hydrogens is 365 g/mol. The first kappa shape index (κ1) is 17.7. The van der Waals surface area contributed by atoms with E-state index in [1.807, 2.05) is 18.2 Å². The average molecular weight is 385 g/mol. The van der Waals surface area contributed by atoms with E-state index in [0.29, 0.717) is 0 Å². The molecular formula is C23H20FN5. The van der Waals surface area contributed by atoms with Crippen LogP contribution in [-0.2, 0) is 0 Å². The zero-order chi connectivity index (χ0) is 19.8. The van der Waals surface area contributed by atoms with Gasteiger partial charge in [0, 0.05) is 6.04 Å². The molecule has 0 aliphatic carbocycles. The summed E-state index contributed by atoms with van der Waals surface area (Å²) in [5.41, 5.74) is 2.98. The predicted octanol–water partition coefficient (Wildman–Crippen LogP) is 4.06. The largest absolute Gasteiger partial charge is 0.333 e. The molecule has 3 aromatic rings. The van der Waals surface area contributed by atoms with Crippen molar-refractivity contribution in [2.24, 2.45) is 15.0 Å². The molecule has 3 aromatic carbocycles. The van der Waals surface area contributed by atoms with E-state index in [0.717, 1.165) is 33.3 Å². The second-order valence-corrected chi connectivity index (χ2v) is 7.24. The third kappa shape index (κ3) is 3.21. The molecule has 2 aliphatic heterocycles. The fourth-order valence-corrected chi connectivity index (χ4v) is 4.03. The summed E-state index contributed by atoms with van der Waals surface area (Å²) in [5, 5.41) is 8.84. The molecule has 3 unspecified atom stereocenters. The Morgan fingerprint density at radius 3 is 2.83 bits per heavy atom. The highest BCUT2D eigenvalue weighted by Crippen LogP contribution is 2.36. The second-order valence-electron chi connectivity index (χ2n) is 7.24. The second kappa shape index (κ2) is 7.22. The van der Waals surface area contributed by atoms with E-state index in [-0.39, 0.29) is 24.1 Å². The minimum atomic E-state index is -0.244. The van der Waals surface area contributed by atoms with Gasteiger partial charge in [-0.05, 0) is 46.5 Å². The Morgan fingerprint density at radius 2 is 1.93 bits per heavy atom. The number of amidine groups is 1. The number of hydrogen-bond donors (Lipinski definition) is 2. The van der Waals surface area contributed by atoms with Gasteiger partial charge in [0.25, 0.3) is 0 Å². The SMILES string of the molecule is CC(NC1N=CN=C2NC=NC21)c1ccc2ccccc2c1-c1cccc(F)c1. The van der Waals surface area contributed by atoms with Crippen molar-refractivity contribution in [3.63, 3.8) is 0 Å². The summed E-state index contributed by atoms with van der Waals surface area (Å²) in [4.78, 5) is 13.2. The Labute approximate surface area is 168 Å². The summed E-state index contributed by atoms with van der Waals surface area (Å²) >= 11 is 0. The number of halogens is 1. The summed E-state index contributed by atoms with van der Waals surface area (Å²) in [6.07, 6.45) is 3.01. The molecule has 0 bridgehead atoms. The van der Waals surface area contributed by atoms with Crippen molar-refractivity contribution in [1.82, 2.24) is 10.6 Å². The lowest BCUT2D eigenvalue weighted by molar-refractivity contribution is 0.447. The minimum Gasteiger partial charge on any atom is -0.333 e. The van der Waals surface area contributed by atoms with Crippen molar-refractivity contribution in [2.45, 2.75) is 25.2 Å². The van der Waals surface area contributed by atoms with Crippen molar-refractivity contribution >= 4 is 29.3 Å². The molecule has 29 heavy (non-hydrogen) atoms. The van der Waals surface area contributed by atoms with Crippen molar-refractivity contribution in [3.8, 4) is 11.1 Å². The fourth-order valence-electron chi connectivity index (χ4n) is 4.03. The van der Waals surface area contributed by atoms with E-state index in [1.54, 1.807) is 24.8 Å². The first-order valence-corrected chi connectivity index (χ1v) is 9.62. The minimum absolute atomic E-state index is 0.0322. The normalized spacial score (nSPS) is 21.0. The van der Waals surface area contributed by atoms with Crippen LogP contribution < -0.4 is 10.6 Å². The Bertz CT molecular complexity index is 1170. The molecule has 2 N–H and O–H groups in total. The van der Waals surface area contributed by atoms with Crippen LogP contribution in [0.5, 0.6) is 0 Å². The average Bonchev–Trinajstić information content (AvgIpc) is 3.23. The lowest BCUT2D eigenvalue weighted by atomic mass is 9.90. The van der Waals surface area contributed by atoms with Gasteiger partial charge in [-0.2, -0.15) is 0 Å². The maximum atomic E-state index is 14.0. The molecule has 0 amide bonds. The molecule has 3 atom stereocenters. The Morgan fingerprint density at radius 1 is 1.03 bits per heavy atom. The van der Waals surface area contributed by atoms with E-state index < -0.39 is 0 Å². The highest BCUT2D eigenvalue weighted by atomic mass is 19.1. The number of nitrogens with zero attached hydrogens (tertiary/aromatic N) is 3. The van der Waals surface area contributed by atoms with Crippen LogP contribution in [0.2, 0.25) is 0 Å². The molecule has 0 aromatic heterocycles. The molecule has 2 aliphatic rings. The number of fused-ring (bicyclic) bond motifs is 2. The predicted molar refractivity (Wildman–Crippen MR) is 116 cm³/mol. The maximum Gasteiger partial charge on any atom is 0.145 e. The van der Waals surface area contributed by atoms with E-state index in [4.69, 9.17) is 0 Å². The summed E-state index contributed by atoms with van der Waals surface area (Å²) in [5.74, 6) is 0.555. The molecule has 5 nitrogen and oxygen atoms in total. The third-order valence-electron chi connectivity index (χ3n) is 5.41. The molecule has 0 saturated carbocycles. The number of aliphatic imine (C=N–C) groups is 3. The van der Waals surface area contributed by atoms with E-state index in [1.165, 1.54) is 6.07 Å². The van der Waals surface area contributed by atoms with Gasteiger partial charge in [0.2, 0.25) is 0 Å². The molecule has 0 radical (unpaired) electrons. The van der Waals surface area contributed by atoms with Crippen molar-refractivity contribution in [2.75, 3.05) is 0 Å². The quantitative estimate of drug-likeness (QED) is 0.711. The lowest BCUT2D eigenvalue weighted by Crippen LogP contribution is -2.45. The van der Waals surface area contributed by atoms with Crippen LogP contribution in [-0.4, -0.2) is 30.7 Å². The standard InChI is InChI=1S/C23H20FN5/c1-14(29-23-21-22(26-12-25-21)27-13-28-23)18-10-9-15-5-2-3-8-19(15)20(18)16-6-4-7-17(24)11-16/h2-14,21,23,29H,1H3,(H,25,26,27,28). The van der Waals surface area contributed by atoms with E-state index >= 15 is 0 Å². The zero-order valence-corrected chi connectivity index (χ0v) is 15.9. The van der Waals surface area contributed by atoms with Crippen LogP contribution in [0, 0.1) is 5.82 Å². The summed E-state index contributed by atoms with van der Waals surface area (Å²) in [6.45, 7) is 2.10. The van der Waals surface area contributed by atoms with Gasteiger partial charge in [-0.25, -0.2) is 9.38 Å². The Balaban J connectivity index is 1.57. The van der Waals surface area contributed by atoms with Crippen molar-refractivity contribution in [1.29, 1.82) is 0 Å². The molecule has 0 fully saturated rings. The van der Waals surface area contributed by atoms with Gasteiger partial charge < -0.3 is 5.32 Å². The zero-order valence-electron chi connectivity index (χ0n) is 15.9.